The van der Waals surface area contributed by atoms with Gasteiger partial charge in [0.15, 0.2) is 5.76 Å². The molecule has 4 rings (SSSR count). The zero-order valence-electron chi connectivity index (χ0n) is 13.3. The van der Waals surface area contributed by atoms with E-state index in [0.29, 0.717) is 6.54 Å². The van der Waals surface area contributed by atoms with E-state index >= 15 is 0 Å². The van der Waals surface area contributed by atoms with Gasteiger partial charge in [0.25, 0.3) is 11.7 Å². The topological polar surface area (TPSA) is 79.2 Å². The summed E-state index contributed by atoms with van der Waals surface area (Å²) in [6.07, 6.45) is 3.03. The predicted octanol–water partition coefficient (Wildman–Crippen LogP) is 3.01. The molecule has 3 heterocycles. The van der Waals surface area contributed by atoms with Crippen LogP contribution in [0.2, 0.25) is 0 Å². The van der Waals surface area contributed by atoms with Gasteiger partial charge < -0.3 is 14.3 Å². The van der Waals surface area contributed by atoms with Crippen molar-refractivity contribution in [1.29, 1.82) is 0 Å². The van der Waals surface area contributed by atoms with Crippen LogP contribution in [-0.2, 0) is 4.79 Å². The Bertz CT molecular complexity index is 911. The van der Waals surface area contributed by atoms with Crippen molar-refractivity contribution in [1.82, 2.24) is 14.9 Å². The standard InChI is InChI=1S/C18H17N3O3/c1-11-6-7-12-13(10-11)20-17(19-12)14-4-2-8-21(14)18(23)16(22)15-5-3-9-24-15/h3,5-7,9-10,14H,2,4,8H2,1H3,(H,19,20)/t14-/m1/s1. The summed E-state index contributed by atoms with van der Waals surface area (Å²) in [6, 6.07) is 8.90. The number of nitrogens with zero attached hydrogens (tertiary/aromatic N) is 2. The molecule has 0 radical (unpaired) electrons. The summed E-state index contributed by atoms with van der Waals surface area (Å²) in [4.78, 5) is 34.3. The van der Waals surface area contributed by atoms with Crippen LogP contribution in [0.15, 0.2) is 41.0 Å². The number of imidazole rings is 1. The molecule has 1 aliphatic rings. The molecule has 1 saturated heterocycles. The Kier molecular flexibility index (Phi) is 3.45. The van der Waals surface area contributed by atoms with Gasteiger partial charge in [-0.15, -0.1) is 0 Å². The van der Waals surface area contributed by atoms with Crippen molar-refractivity contribution >= 4 is 22.7 Å². The van der Waals surface area contributed by atoms with Crippen LogP contribution >= 0.6 is 0 Å². The molecule has 2 aromatic heterocycles. The minimum atomic E-state index is -0.612. The second kappa shape index (κ2) is 5.63. The number of likely N-dealkylation sites (tertiary alicyclic amines) is 1. The van der Waals surface area contributed by atoms with Gasteiger partial charge in [0.1, 0.15) is 5.82 Å². The lowest BCUT2D eigenvalue weighted by atomic mass is 10.2. The third-order valence-electron chi connectivity index (χ3n) is 4.42. The van der Waals surface area contributed by atoms with Crippen LogP contribution in [0.4, 0.5) is 0 Å². The molecule has 1 atom stereocenters. The van der Waals surface area contributed by atoms with E-state index in [2.05, 4.69) is 9.97 Å². The minimum absolute atomic E-state index is 0.0749. The van der Waals surface area contributed by atoms with Crippen molar-refractivity contribution in [3.05, 3.63) is 53.7 Å². The second-order valence-corrected chi connectivity index (χ2v) is 6.11. The van der Waals surface area contributed by atoms with E-state index in [-0.39, 0.29) is 11.8 Å². The van der Waals surface area contributed by atoms with Crippen molar-refractivity contribution < 1.29 is 14.0 Å². The van der Waals surface area contributed by atoms with Crippen LogP contribution in [0.25, 0.3) is 11.0 Å². The monoisotopic (exact) mass is 323 g/mol. The third kappa shape index (κ3) is 2.40. The van der Waals surface area contributed by atoms with Crippen LogP contribution in [0.3, 0.4) is 0 Å². The van der Waals surface area contributed by atoms with Crippen LogP contribution in [-0.4, -0.2) is 33.1 Å². The Hall–Kier alpha value is -2.89. The first-order valence-electron chi connectivity index (χ1n) is 7.98. The maximum absolute atomic E-state index is 12.6. The van der Waals surface area contributed by atoms with Crippen molar-refractivity contribution in [2.24, 2.45) is 0 Å². The summed E-state index contributed by atoms with van der Waals surface area (Å²) in [5.41, 5.74) is 2.96. The van der Waals surface area contributed by atoms with Gasteiger partial charge in [-0.25, -0.2) is 4.98 Å². The van der Waals surface area contributed by atoms with Crippen molar-refractivity contribution in [3.63, 3.8) is 0 Å². The number of aromatic nitrogens is 2. The first-order chi connectivity index (χ1) is 11.6. The molecule has 24 heavy (non-hydrogen) atoms. The van der Waals surface area contributed by atoms with Crippen LogP contribution in [0, 0.1) is 6.92 Å². The molecule has 1 N–H and O–H groups in total. The molecule has 6 nitrogen and oxygen atoms in total. The molecule has 1 amide bonds. The molecule has 0 unspecified atom stereocenters. The molecular formula is C18H17N3O3. The normalized spacial score (nSPS) is 17.5. The predicted molar refractivity (Wildman–Crippen MR) is 87.6 cm³/mol. The molecular weight excluding hydrogens is 306 g/mol. The fourth-order valence-corrected chi connectivity index (χ4v) is 3.24. The summed E-state index contributed by atoms with van der Waals surface area (Å²) in [5.74, 6) is -0.345. The first kappa shape index (κ1) is 14.7. The Balaban J connectivity index is 1.64. The largest absolute Gasteiger partial charge is 0.461 e. The highest BCUT2D eigenvalue weighted by Gasteiger charge is 2.36. The van der Waals surface area contributed by atoms with Gasteiger partial charge in [0.2, 0.25) is 0 Å². The number of Topliss-reactive ketones (excluding diaryl/α,β-unsaturated/α-hetero) is 1. The molecule has 0 aliphatic carbocycles. The van der Waals surface area contributed by atoms with E-state index in [9.17, 15) is 9.59 Å². The number of amides is 1. The average Bonchev–Trinajstić information content (AvgIpc) is 3.30. The number of furan rings is 1. The number of nitrogens with one attached hydrogen (secondary N) is 1. The van der Waals surface area contributed by atoms with E-state index in [1.165, 1.54) is 12.3 Å². The maximum atomic E-state index is 12.6. The number of hydrogen-bond donors (Lipinski definition) is 1. The van der Waals surface area contributed by atoms with E-state index in [4.69, 9.17) is 4.42 Å². The Morgan fingerprint density at radius 1 is 1.33 bits per heavy atom. The van der Waals surface area contributed by atoms with Crippen molar-refractivity contribution in [2.45, 2.75) is 25.8 Å². The number of rotatable bonds is 3. The van der Waals surface area contributed by atoms with Crippen LogP contribution < -0.4 is 0 Å². The summed E-state index contributed by atoms with van der Waals surface area (Å²) < 4.78 is 5.06. The molecule has 1 aromatic carbocycles. The minimum Gasteiger partial charge on any atom is -0.461 e. The fourth-order valence-electron chi connectivity index (χ4n) is 3.24. The number of benzene rings is 1. The highest BCUT2D eigenvalue weighted by Crippen LogP contribution is 2.32. The average molecular weight is 323 g/mol. The van der Waals surface area contributed by atoms with E-state index in [1.807, 2.05) is 25.1 Å². The maximum Gasteiger partial charge on any atom is 0.298 e. The zero-order chi connectivity index (χ0) is 16.7. The summed E-state index contributed by atoms with van der Waals surface area (Å²) >= 11 is 0. The fraction of sp³-hybridized carbons (Fsp3) is 0.278. The number of aryl methyl sites for hydroxylation is 1. The molecule has 0 bridgehead atoms. The van der Waals surface area contributed by atoms with Crippen LogP contribution in [0.5, 0.6) is 0 Å². The lowest BCUT2D eigenvalue weighted by molar-refractivity contribution is -0.127. The quantitative estimate of drug-likeness (QED) is 0.593. The van der Waals surface area contributed by atoms with Gasteiger partial charge >= 0.3 is 0 Å². The Labute approximate surface area is 138 Å². The Morgan fingerprint density at radius 3 is 3.00 bits per heavy atom. The molecule has 1 fully saturated rings. The van der Waals surface area contributed by atoms with Crippen LogP contribution in [0.1, 0.15) is 40.8 Å². The number of ketones is 1. The number of hydrogen-bond acceptors (Lipinski definition) is 4. The van der Waals surface area contributed by atoms with Crippen molar-refractivity contribution in [3.8, 4) is 0 Å². The summed E-state index contributed by atoms with van der Waals surface area (Å²) in [5, 5.41) is 0. The van der Waals surface area contributed by atoms with Gasteiger partial charge in [0.05, 0.1) is 23.3 Å². The highest BCUT2D eigenvalue weighted by atomic mass is 16.3. The lowest BCUT2D eigenvalue weighted by Gasteiger charge is -2.21. The van der Waals surface area contributed by atoms with E-state index < -0.39 is 11.7 Å². The number of aromatic amines is 1. The third-order valence-corrected chi connectivity index (χ3v) is 4.42. The van der Waals surface area contributed by atoms with Crippen molar-refractivity contribution in [2.75, 3.05) is 6.54 Å². The number of fused-ring (bicyclic) bond motifs is 1. The smallest absolute Gasteiger partial charge is 0.298 e. The number of carbonyl (C=O) groups is 2. The molecule has 122 valence electrons. The molecule has 0 saturated carbocycles. The van der Waals surface area contributed by atoms with Gasteiger partial charge in [-0.2, -0.15) is 0 Å². The van der Waals surface area contributed by atoms with Gasteiger partial charge in [-0.05, 0) is 49.6 Å². The molecule has 6 heteroatoms. The SMILES string of the molecule is Cc1ccc2nc([C@H]3CCCN3C(=O)C(=O)c3ccco3)[nH]c2c1. The highest BCUT2D eigenvalue weighted by molar-refractivity contribution is 6.42. The molecule has 0 spiro atoms. The lowest BCUT2D eigenvalue weighted by Crippen LogP contribution is -2.36. The van der Waals surface area contributed by atoms with Gasteiger partial charge in [-0.1, -0.05) is 6.07 Å². The molecule has 3 aromatic rings. The Morgan fingerprint density at radius 2 is 2.21 bits per heavy atom. The number of carbonyl (C=O) groups excluding carboxylic acids is 2. The van der Waals surface area contributed by atoms with E-state index in [0.717, 1.165) is 35.3 Å². The first-order valence-corrected chi connectivity index (χ1v) is 7.98. The van der Waals surface area contributed by atoms with Gasteiger partial charge in [-0.3, -0.25) is 9.59 Å². The molecule has 1 aliphatic heterocycles. The zero-order valence-corrected chi connectivity index (χ0v) is 13.3. The summed E-state index contributed by atoms with van der Waals surface area (Å²) in [6.45, 7) is 2.57. The number of H-pyrrole nitrogens is 1. The second-order valence-electron chi connectivity index (χ2n) is 6.11. The summed E-state index contributed by atoms with van der Waals surface area (Å²) in [7, 11) is 0. The van der Waals surface area contributed by atoms with Gasteiger partial charge in [0, 0.05) is 6.54 Å². The van der Waals surface area contributed by atoms with E-state index in [1.54, 1.807) is 11.0 Å².